The molecule has 0 spiro atoms. The maximum absolute atomic E-state index is 6.30. The molecule has 2 heterocycles. The Labute approximate surface area is 125 Å². The number of likely N-dealkylation sites (tertiary alicyclic amines) is 1. The van der Waals surface area contributed by atoms with Gasteiger partial charge in [0.15, 0.2) is 0 Å². The fourth-order valence-corrected chi connectivity index (χ4v) is 2.87. The Morgan fingerprint density at radius 3 is 2.70 bits per heavy atom. The average Bonchev–Trinajstić information content (AvgIpc) is 2.98. The van der Waals surface area contributed by atoms with Crippen LogP contribution in [0.1, 0.15) is 22.7 Å². The molecule has 1 fully saturated rings. The molecule has 1 aromatic carbocycles. The van der Waals surface area contributed by atoms with E-state index in [2.05, 4.69) is 52.4 Å². The minimum atomic E-state index is 0. The summed E-state index contributed by atoms with van der Waals surface area (Å²) >= 11 is 0. The molecule has 1 aliphatic heterocycles. The maximum atomic E-state index is 6.30. The molecule has 0 amide bonds. The smallest absolute Gasteiger partial charge is 0.0535 e. The zero-order valence-electron chi connectivity index (χ0n) is 11.6. The first-order valence-electron chi connectivity index (χ1n) is 6.76. The molecule has 2 aromatic rings. The predicted octanol–water partition coefficient (Wildman–Crippen LogP) is 2.07. The third kappa shape index (κ3) is 3.03. The van der Waals surface area contributed by atoms with E-state index in [9.17, 15) is 0 Å². The second kappa shape index (κ2) is 6.39. The molecule has 0 bridgehead atoms. The molecule has 1 aromatic heterocycles. The fraction of sp³-hybridized carbons (Fsp3) is 0.400. The van der Waals surface area contributed by atoms with E-state index in [4.69, 9.17) is 5.73 Å². The van der Waals surface area contributed by atoms with Gasteiger partial charge < -0.3 is 5.73 Å². The molecular formula is C15H21ClN4. The number of nitrogens with one attached hydrogen (secondary N) is 1. The number of nitrogens with zero attached hydrogens (tertiary/aromatic N) is 2. The number of H-pyrrole nitrogens is 1. The molecule has 20 heavy (non-hydrogen) atoms. The molecule has 1 aliphatic rings. The number of nitrogens with two attached hydrogens (primary N) is 1. The van der Waals surface area contributed by atoms with Crippen LogP contribution in [0.2, 0.25) is 0 Å². The molecule has 0 radical (unpaired) electrons. The van der Waals surface area contributed by atoms with Crippen molar-refractivity contribution in [2.45, 2.75) is 25.4 Å². The van der Waals surface area contributed by atoms with Crippen molar-refractivity contribution < 1.29 is 0 Å². The van der Waals surface area contributed by atoms with Crippen molar-refractivity contribution in [1.29, 1.82) is 0 Å². The van der Waals surface area contributed by atoms with Gasteiger partial charge in [0.2, 0.25) is 0 Å². The summed E-state index contributed by atoms with van der Waals surface area (Å²) in [6.07, 6.45) is 1.91. The number of hydrogen-bond donors (Lipinski definition) is 2. The van der Waals surface area contributed by atoms with E-state index in [1.165, 1.54) is 11.1 Å². The highest BCUT2D eigenvalue weighted by molar-refractivity contribution is 5.85. The van der Waals surface area contributed by atoms with Gasteiger partial charge in [-0.2, -0.15) is 5.10 Å². The summed E-state index contributed by atoms with van der Waals surface area (Å²) in [5.41, 5.74) is 10.1. The van der Waals surface area contributed by atoms with Crippen molar-refractivity contribution in [2.24, 2.45) is 5.73 Å². The summed E-state index contributed by atoms with van der Waals surface area (Å²) in [6, 6.07) is 10.8. The second-order valence-corrected chi connectivity index (χ2v) is 5.40. The first-order chi connectivity index (χ1) is 9.24. The highest BCUT2D eigenvalue weighted by Gasteiger charge is 2.31. The Morgan fingerprint density at radius 2 is 2.05 bits per heavy atom. The lowest BCUT2D eigenvalue weighted by atomic mass is 9.95. The number of benzene rings is 1. The van der Waals surface area contributed by atoms with E-state index in [0.717, 1.165) is 25.3 Å². The second-order valence-electron chi connectivity index (χ2n) is 5.40. The average molecular weight is 293 g/mol. The predicted molar refractivity (Wildman–Crippen MR) is 83.0 cm³/mol. The highest BCUT2D eigenvalue weighted by atomic mass is 35.5. The Bertz CT molecular complexity index is 540. The van der Waals surface area contributed by atoms with Crippen LogP contribution < -0.4 is 5.73 Å². The van der Waals surface area contributed by atoms with E-state index < -0.39 is 0 Å². The first-order valence-corrected chi connectivity index (χ1v) is 6.76. The van der Waals surface area contributed by atoms with Gasteiger partial charge in [-0.15, -0.1) is 12.4 Å². The van der Waals surface area contributed by atoms with Crippen molar-refractivity contribution in [3.63, 3.8) is 0 Å². The van der Waals surface area contributed by atoms with E-state index in [0.29, 0.717) is 5.92 Å². The molecule has 1 saturated heterocycles. The summed E-state index contributed by atoms with van der Waals surface area (Å²) in [7, 11) is 0. The molecule has 2 atom stereocenters. The minimum Gasteiger partial charge on any atom is -0.326 e. The van der Waals surface area contributed by atoms with Crippen LogP contribution in [0, 0.1) is 6.92 Å². The number of aryl methyl sites for hydroxylation is 1. The van der Waals surface area contributed by atoms with Gasteiger partial charge in [-0.05, 0) is 12.5 Å². The lowest BCUT2D eigenvalue weighted by Gasteiger charge is -2.15. The number of halogens is 1. The zero-order chi connectivity index (χ0) is 13.2. The van der Waals surface area contributed by atoms with Gasteiger partial charge in [0.05, 0.1) is 6.20 Å². The third-order valence-electron chi connectivity index (χ3n) is 4.00. The van der Waals surface area contributed by atoms with E-state index in [1.54, 1.807) is 0 Å². The first kappa shape index (κ1) is 15.0. The summed E-state index contributed by atoms with van der Waals surface area (Å²) in [5.74, 6) is 0.438. The molecule has 0 aliphatic carbocycles. The highest BCUT2D eigenvalue weighted by Crippen LogP contribution is 2.27. The van der Waals surface area contributed by atoms with Crippen LogP contribution in [0.3, 0.4) is 0 Å². The Balaban J connectivity index is 0.00000147. The van der Waals surface area contributed by atoms with Gasteiger partial charge in [0.25, 0.3) is 0 Å². The minimum absolute atomic E-state index is 0. The van der Waals surface area contributed by atoms with Crippen LogP contribution >= 0.6 is 12.4 Å². The SMILES string of the molecule is Cc1[nH]ncc1CN1C[C@@H](N)[C@H](c2ccccc2)C1.Cl. The van der Waals surface area contributed by atoms with Gasteiger partial charge in [-0.3, -0.25) is 10.00 Å². The molecule has 4 nitrogen and oxygen atoms in total. The van der Waals surface area contributed by atoms with Gasteiger partial charge in [-0.1, -0.05) is 30.3 Å². The monoisotopic (exact) mass is 292 g/mol. The topological polar surface area (TPSA) is 57.9 Å². The summed E-state index contributed by atoms with van der Waals surface area (Å²) in [4.78, 5) is 2.42. The number of hydrogen-bond acceptors (Lipinski definition) is 3. The zero-order valence-corrected chi connectivity index (χ0v) is 12.4. The van der Waals surface area contributed by atoms with Gasteiger partial charge in [0, 0.05) is 42.9 Å². The molecule has 3 rings (SSSR count). The van der Waals surface area contributed by atoms with Crippen molar-refractivity contribution in [1.82, 2.24) is 15.1 Å². The maximum Gasteiger partial charge on any atom is 0.0535 e. The van der Waals surface area contributed by atoms with Crippen molar-refractivity contribution >= 4 is 12.4 Å². The molecule has 0 saturated carbocycles. The van der Waals surface area contributed by atoms with Crippen LogP contribution in [-0.4, -0.2) is 34.2 Å². The molecule has 3 N–H and O–H groups in total. The molecule has 0 unspecified atom stereocenters. The normalized spacial score (nSPS) is 22.7. The van der Waals surface area contributed by atoms with Crippen LogP contribution in [0.5, 0.6) is 0 Å². The van der Waals surface area contributed by atoms with E-state index in [-0.39, 0.29) is 18.4 Å². The summed E-state index contributed by atoms with van der Waals surface area (Å²) in [5, 5.41) is 7.07. The Hall–Kier alpha value is -1.36. The van der Waals surface area contributed by atoms with Crippen molar-refractivity contribution in [3.8, 4) is 0 Å². The van der Waals surface area contributed by atoms with Gasteiger partial charge >= 0.3 is 0 Å². The Morgan fingerprint density at radius 1 is 1.30 bits per heavy atom. The third-order valence-corrected chi connectivity index (χ3v) is 4.00. The van der Waals surface area contributed by atoms with Crippen molar-refractivity contribution in [2.75, 3.05) is 13.1 Å². The molecule has 5 heteroatoms. The molecule has 108 valence electrons. The van der Waals surface area contributed by atoms with Gasteiger partial charge in [0.1, 0.15) is 0 Å². The number of aromatic nitrogens is 2. The van der Waals surface area contributed by atoms with Crippen LogP contribution in [0.25, 0.3) is 0 Å². The van der Waals surface area contributed by atoms with Crippen LogP contribution in [0.15, 0.2) is 36.5 Å². The van der Waals surface area contributed by atoms with E-state index >= 15 is 0 Å². The lowest BCUT2D eigenvalue weighted by Crippen LogP contribution is -2.28. The van der Waals surface area contributed by atoms with Crippen LogP contribution in [-0.2, 0) is 6.54 Å². The van der Waals surface area contributed by atoms with E-state index in [1.807, 2.05) is 6.20 Å². The van der Waals surface area contributed by atoms with Gasteiger partial charge in [-0.25, -0.2) is 0 Å². The fourth-order valence-electron chi connectivity index (χ4n) is 2.87. The largest absolute Gasteiger partial charge is 0.326 e. The Kier molecular flexibility index (Phi) is 4.81. The summed E-state index contributed by atoms with van der Waals surface area (Å²) < 4.78 is 0. The number of rotatable bonds is 3. The molecular weight excluding hydrogens is 272 g/mol. The summed E-state index contributed by atoms with van der Waals surface area (Å²) in [6.45, 7) is 4.96. The lowest BCUT2D eigenvalue weighted by molar-refractivity contribution is 0.323. The van der Waals surface area contributed by atoms with Crippen LogP contribution in [0.4, 0.5) is 0 Å². The standard InChI is InChI=1S/C15H20N4.ClH/c1-11-13(7-17-18-11)8-19-9-14(15(16)10-19)12-5-3-2-4-6-12;/h2-7,14-15H,8-10,16H2,1H3,(H,17,18);1H/t14-,15+;/m0./s1. The quantitative estimate of drug-likeness (QED) is 0.910. The van der Waals surface area contributed by atoms with Crippen molar-refractivity contribution in [3.05, 3.63) is 53.3 Å². The number of aromatic amines is 1.